The zero-order valence-corrected chi connectivity index (χ0v) is 17.9. The Morgan fingerprint density at radius 1 is 1.13 bits per heavy atom. The van der Waals surface area contributed by atoms with Gasteiger partial charge in [-0.05, 0) is 49.7 Å². The zero-order chi connectivity index (χ0) is 22.5. The number of halogens is 1. The van der Waals surface area contributed by atoms with E-state index >= 15 is 0 Å². The second kappa shape index (κ2) is 9.33. The molecule has 0 radical (unpaired) electrons. The van der Waals surface area contributed by atoms with Crippen molar-refractivity contribution < 1.29 is 18.7 Å². The SMILES string of the molecule is COC(=O)c1ccc(-c2ccc(/C=C(\C#N)C(=O)Nc3ccc(C)cc3C)o2)cc1Cl. The number of furan rings is 1. The molecule has 0 saturated carbocycles. The molecule has 156 valence electrons. The number of benzene rings is 2. The number of carbonyl (C=O) groups excluding carboxylic acids is 2. The Balaban J connectivity index is 1.82. The topological polar surface area (TPSA) is 92.3 Å². The minimum Gasteiger partial charge on any atom is -0.465 e. The van der Waals surface area contributed by atoms with Gasteiger partial charge in [-0.3, -0.25) is 4.79 Å². The monoisotopic (exact) mass is 434 g/mol. The molecule has 1 amide bonds. The first kappa shape index (κ1) is 21.9. The summed E-state index contributed by atoms with van der Waals surface area (Å²) in [4.78, 5) is 24.2. The second-order valence-electron chi connectivity index (χ2n) is 6.83. The van der Waals surface area contributed by atoms with Gasteiger partial charge < -0.3 is 14.5 Å². The van der Waals surface area contributed by atoms with Gasteiger partial charge in [0.2, 0.25) is 0 Å². The van der Waals surface area contributed by atoms with Crippen LogP contribution >= 0.6 is 11.6 Å². The van der Waals surface area contributed by atoms with Crippen LogP contribution in [0.3, 0.4) is 0 Å². The normalized spacial score (nSPS) is 11.0. The number of nitrogens with zero attached hydrogens (tertiary/aromatic N) is 1. The third kappa shape index (κ3) is 5.03. The van der Waals surface area contributed by atoms with Crippen LogP contribution in [0.5, 0.6) is 0 Å². The van der Waals surface area contributed by atoms with Crippen LogP contribution in [0.15, 0.2) is 58.5 Å². The summed E-state index contributed by atoms with van der Waals surface area (Å²) in [6.45, 7) is 3.84. The molecule has 0 aliphatic carbocycles. The lowest BCUT2D eigenvalue weighted by molar-refractivity contribution is -0.112. The van der Waals surface area contributed by atoms with Gasteiger partial charge in [0.15, 0.2) is 0 Å². The predicted octanol–water partition coefficient (Wildman–Crippen LogP) is 5.55. The van der Waals surface area contributed by atoms with Crippen LogP contribution in [0.4, 0.5) is 5.69 Å². The summed E-state index contributed by atoms with van der Waals surface area (Å²) in [6, 6.07) is 15.6. The van der Waals surface area contributed by atoms with Gasteiger partial charge in [0.25, 0.3) is 5.91 Å². The Morgan fingerprint density at radius 2 is 1.90 bits per heavy atom. The lowest BCUT2D eigenvalue weighted by Gasteiger charge is -2.08. The number of nitriles is 1. The second-order valence-corrected chi connectivity index (χ2v) is 7.24. The van der Waals surface area contributed by atoms with Crippen molar-refractivity contribution in [1.82, 2.24) is 0 Å². The van der Waals surface area contributed by atoms with E-state index in [1.165, 1.54) is 13.2 Å². The third-order valence-electron chi connectivity index (χ3n) is 4.57. The molecule has 1 heterocycles. The summed E-state index contributed by atoms with van der Waals surface area (Å²) in [7, 11) is 1.28. The fourth-order valence-electron chi connectivity index (χ4n) is 2.96. The fraction of sp³-hybridized carbons (Fsp3) is 0.125. The highest BCUT2D eigenvalue weighted by molar-refractivity contribution is 6.33. The largest absolute Gasteiger partial charge is 0.465 e. The van der Waals surface area contributed by atoms with Gasteiger partial charge in [-0.25, -0.2) is 4.79 Å². The Hall–Kier alpha value is -3.82. The fourth-order valence-corrected chi connectivity index (χ4v) is 3.22. The van der Waals surface area contributed by atoms with E-state index < -0.39 is 11.9 Å². The first-order chi connectivity index (χ1) is 14.8. The quantitative estimate of drug-likeness (QED) is 0.323. The number of hydrogen-bond acceptors (Lipinski definition) is 5. The molecule has 3 aromatic rings. The standard InChI is InChI=1S/C24H19ClN2O4/c1-14-4-8-21(15(2)10-14)27-23(28)17(13-26)11-18-6-9-22(31-18)16-5-7-19(20(25)12-16)24(29)30-3/h4-12H,1-3H3,(H,27,28)/b17-11+. The van der Waals surface area contributed by atoms with Crippen LogP contribution in [0.25, 0.3) is 17.4 Å². The summed E-state index contributed by atoms with van der Waals surface area (Å²) in [5, 5.41) is 12.4. The zero-order valence-electron chi connectivity index (χ0n) is 17.2. The van der Waals surface area contributed by atoms with Crippen LogP contribution < -0.4 is 5.32 Å². The highest BCUT2D eigenvalue weighted by atomic mass is 35.5. The van der Waals surface area contributed by atoms with Crippen molar-refractivity contribution in [1.29, 1.82) is 5.26 Å². The predicted molar refractivity (Wildman–Crippen MR) is 119 cm³/mol. The number of carbonyl (C=O) groups is 2. The van der Waals surface area contributed by atoms with Gasteiger partial charge in [0.1, 0.15) is 23.2 Å². The molecule has 0 atom stereocenters. The van der Waals surface area contributed by atoms with Crippen LogP contribution in [0.2, 0.25) is 5.02 Å². The Morgan fingerprint density at radius 3 is 2.55 bits per heavy atom. The first-order valence-electron chi connectivity index (χ1n) is 9.31. The Bertz CT molecular complexity index is 1230. The lowest BCUT2D eigenvalue weighted by atomic mass is 10.1. The van der Waals surface area contributed by atoms with Crippen LogP contribution in [-0.2, 0) is 9.53 Å². The number of aryl methyl sites for hydroxylation is 2. The van der Waals surface area contributed by atoms with E-state index in [0.29, 0.717) is 22.8 Å². The van der Waals surface area contributed by atoms with Gasteiger partial charge in [-0.1, -0.05) is 35.4 Å². The Labute approximate surface area is 184 Å². The number of methoxy groups -OCH3 is 1. The van der Waals surface area contributed by atoms with Crippen molar-refractivity contribution in [2.45, 2.75) is 13.8 Å². The molecule has 7 heteroatoms. The average molecular weight is 435 g/mol. The molecule has 0 fully saturated rings. The van der Waals surface area contributed by atoms with E-state index in [1.54, 1.807) is 36.4 Å². The number of esters is 1. The summed E-state index contributed by atoms with van der Waals surface area (Å²) < 4.78 is 10.4. The van der Waals surface area contributed by atoms with Gasteiger partial charge >= 0.3 is 5.97 Å². The van der Waals surface area contributed by atoms with Crippen LogP contribution in [0, 0.1) is 25.2 Å². The van der Waals surface area contributed by atoms with E-state index in [9.17, 15) is 14.9 Å². The minimum atomic E-state index is -0.534. The van der Waals surface area contributed by atoms with Crippen molar-refractivity contribution in [3.8, 4) is 17.4 Å². The maximum absolute atomic E-state index is 12.5. The number of amides is 1. The van der Waals surface area contributed by atoms with Crippen molar-refractivity contribution in [2.24, 2.45) is 0 Å². The maximum Gasteiger partial charge on any atom is 0.339 e. The molecule has 0 saturated heterocycles. The highest BCUT2D eigenvalue weighted by Crippen LogP contribution is 2.28. The van der Waals surface area contributed by atoms with Gasteiger partial charge in [0, 0.05) is 17.3 Å². The average Bonchev–Trinajstić information content (AvgIpc) is 3.22. The summed E-state index contributed by atoms with van der Waals surface area (Å²) in [6.07, 6.45) is 1.37. The van der Waals surface area contributed by atoms with E-state index in [-0.39, 0.29) is 16.2 Å². The van der Waals surface area contributed by atoms with Gasteiger partial charge in [0.05, 0.1) is 17.7 Å². The summed E-state index contributed by atoms with van der Waals surface area (Å²) >= 11 is 6.16. The summed E-state index contributed by atoms with van der Waals surface area (Å²) in [5.41, 5.74) is 3.40. The number of ether oxygens (including phenoxy) is 1. The van der Waals surface area contributed by atoms with Gasteiger partial charge in [-0.2, -0.15) is 5.26 Å². The molecule has 3 rings (SSSR count). The smallest absolute Gasteiger partial charge is 0.339 e. The first-order valence-corrected chi connectivity index (χ1v) is 9.68. The Kier molecular flexibility index (Phi) is 6.58. The molecule has 0 aliphatic rings. The highest BCUT2D eigenvalue weighted by Gasteiger charge is 2.15. The van der Waals surface area contributed by atoms with E-state index in [1.807, 2.05) is 32.0 Å². The van der Waals surface area contributed by atoms with E-state index in [2.05, 4.69) is 10.1 Å². The minimum absolute atomic E-state index is 0.0973. The van der Waals surface area contributed by atoms with Crippen molar-refractivity contribution >= 4 is 35.2 Å². The summed E-state index contributed by atoms with van der Waals surface area (Å²) in [5.74, 6) is -0.266. The van der Waals surface area contributed by atoms with E-state index in [4.69, 9.17) is 16.0 Å². The molecule has 0 aliphatic heterocycles. The molecular formula is C24H19ClN2O4. The number of hydrogen-bond donors (Lipinski definition) is 1. The maximum atomic E-state index is 12.5. The van der Waals surface area contributed by atoms with Crippen molar-refractivity contribution in [3.63, 3.8) is 0 Å². The number of anilines is 1. The van der Waals surface area contributed by atoms with Gasteiger partial charge in [-0.15, -0.1) is 0 Å². The number of rotatable bonds is 5. The molecular weight excluding hydrogens is 416 g/mol. The van der Waals surface area contributed by atoms with E-state index in [0.717, 1.165) is 11.1 Å². The molecule has 2 aromatic carbocycles. The van der Waals surface area contributed by atoms with Crippen LogP contribution in [-0.4, -0.2) is 19.0 Å². The molecule has 1 aromatic heterocycles. The molecule has 0 spiro atoms. The molecule has 0 unspecified atom stereocenters. The number of nitrogens with one attached hydrogen (secondary N) is 1. The lowest BCUT2D eigenvalue weighted by Crippen LogP contribution is -2.14. The molecule has 1 N–H and O–H groups in total. The van der Waals surface area contributed by atoms with Crippen molar-refractivity contribution in [2.75, 3.05) is 12.4 Å². The van der Waals surface area contributed by atoms with Crippen molar-refractivity contribution in [3.05, 3.63) is 81.6 Å². The molecule has 6 nitrogen and oxygen atoms in total. The molecule has 31 heavy (non-hydrogen) atoms. The third-order valence-corrected chi connectivity index (χ3v) is 4.88. The van der Waals surface area contributed by atoms with Crippen LogP contribution in [0.1, 0.15) is 27.2 Å². The molecule has 0 bridgehead atoms.